The Bertz CT molecular complexity index is 1150. The Hall–Kier alpha value is -4.05. The van der Waals surface area contributed by atoms with Gasteiger partial charge in [-0.1, -0.05) is 12.1 Å². The number of amides is 1. The Kier molecular flexibility index (Phi) is 4.29. The lowest BCUT2D eigenvalue weighted by Crippen LogP contribution is -2.10. The van der Waals surface area contributed by atoms with Gasteiger partial charge in [-0.25, -0.2) is 0 Å². The molecule has 1 amide bonds. The zero-order valence-electron chi connectivity index (χ0n) is 14.1. The number of hydrogen-bond acceptors (Lipinski definition) is 5. The Morgan fingerprint density at radius 3 is 3.00 bits per heavy atom. The van der Waals surface area contributed by atoms with Gasteiger partial charge in [0, 0.05) is 11.1 Å². The van der Waals surface area contributed by atoms with E-state index >= 15 is 0 Å². The molecule has 0 fully saturated rings. The SMILES string of the molecule is N#Cc1ccccc1OCc1ccc(C(=O)Nc2ccc3[nH]ncc3c2)o1. The summed E-state index contributed by atoms with van der Waals surface area (Å²) in [5.74, 6) is 0.768. The maximum atomic E-state index is 12.4. The smallest absolute Gasteiger partial charge is 0.291 e. The van der Waals surface area contributed by atoms with Crippen LogP contribution in [0.4, 0.5) is 5.69 Å². The molecule has 27 heavy (non-hydrogen) atoms. The lowest BCUT2D eigenvalue weighted by atomic mass is 10.2. The van der Waals surface area contributed by atoms with E-state index in [2.05, 4.69) is 21.6 Å². The van der Waals surface area contributed by atoms with Crippen molar-refractivity contribution in [1.82, 2.24) is 10.2 Å². The molecule has 7 nitrogen and oxygen atoms in total. The van der Waals surface area contributed by atoms with Gasteiger partial charge >= 0.3 is 0 Å². The number of nitrogens with one attached hydrogen (secondary N) is 2. The predicted molar refractivity (Wildman–Crippen MR) is 98.2 cm³/mol. The van der Waals surface area contributed by atoms with E-state index in [0.29, 0.717) is 22.8 Å². The second-order valence-electron chi connectivity index (χ2n) is 5.79. The minimum Gasteiger partial charge on any atom is -0.484 e. The molecular weight excluding hydrogens is 344 g/mol. The van der Waals surface area contributed by atoms with Crippen molar-refractivity contribution in [3.8, 4) is 11.8 Å². The Morgan fingerprint density at radius 2 is 2.11 bits per heavy atom. The summed E-state index contributed by atoms with van der Waals surface area (Å²) in [6.07, 6.45) is 1.69. The van der Waals surface area contributed by atoms with Crippen molar-refractivity contribution in [2.24, 2.45) is 0 Å². The first-order valence-corrected chi connectivity index (χ1v) is 8.18. The maximum Gasteiger partial charge on any atom is 0.291 e. The number of nitriles is 1. The highest BCUT2D eigenvalue weighted by Gasteiger charge is 2.13. The second-order valence-corrected chi connectivity index (χ2v) is 5.79. The van der Waals surface area contributed by atoms with Crippen molar-refractivity contribution < 1.29 is 13.9 Å². The molecule has 2 heterocycles. The molecule has 4 rings (SSSR count). The molecule has 2 N–H and O–H groups in total. The molecule has 0 saturated heterocycles. The molecule has 0 aliphatic heterocycles. The molecule has 0 unspecified atom stereocenters. The quantitative estimate of drug-likeness (QED) is 0.564. The Morgan fingerprint density at radius 1 is 1.22 bits per heavy atom. The van der Waals surface area contributed by atoms with Crippen molar-refractivity contribution in [2.75, 3.05) is 5.32 Å². The van der Waals surface area contributed by atoms with Gasteiger partial charge < -0.3 is 14.5 Å². The van der Waals surface area contributed by atoms with E-state index in [1.165, 1.54) is 0 Å². The fourth-order valence-corrected chi connectivity index (χ4v) is 2.62. The van der Waals surface area contributed by atoms with Crippen LogP contribution in [-0.4, -0.2) is 16.1 Å². The predicted octanol–water partition coefficient (Wildman–Crippen LogP) is 3.86. The highest BCUT2D eigenvalue weighted by Crippen LogP contribution is 2.20. The molecule has 7 heteroatoms. The van der Waals surface area contributed by atoms with Crippen LogP contribution in [0.15, 0.2) is 65.2 Å². The van der Waals surface area contributed by atoms with E-state index in [0.717, 1.165) is 10.9 Å². The van der Waals surface area contributed by atoms with E-state index in [9.17, 15) is 4.79 Å². The maximum absolute atomic E-state index is 12.4. The fourth-order valence-electron chi connectivity index (χ4n) is 2.62. The summed E-state index contributed by atoms with van der Waals surface area (Å²) >= 11 is 0. The summed E-state index contributed by atoms with van der Waals surface area (Å²) in [5, 5.41) is 19.6. The van der Waals surface area contributed by atoms with Gasteiger partial charge in [0.05, 0.1) is 17.3 Å². The van der Waals surface area contributed by atoms with E-state index in [-0.39, 0.29) is 18.3 Å². The summed E-state index contributed by atoms with van der Waals surface area (Å²) in [7, 11) is 0. The minimum atomic E-state index is -0.360. The average molecular weight is 358 g/mol. The van der Waals surface area contributed by atoms with Gasteiger partial charge in [0.2, 0.25) is 0 Å². The fraction of sp³-hybridized carbons (Fsp3) is 0.0500. The number of rotatable bonds is 5. The standard InChI is InChI=1S/C20H14N4O3/c21-10-13-3-1-2-4-18(13)26-12-16-6-8-19(27-16)20(25)23-15-5-7-17-14(9-15)11-22-24-17/h1-9,11H,12H2,(H,22,24)(H,23,25). The number of H-pyrrole nitrogens is 1. The summed E-state index contributed by atoms with van der Waals surface area (Å²) in [4.78, 5) is 12.4. The molecule has 0 spiro atoms. The summed E-state index contributed by atoms with van der Waals surface area (Å²) in [5.41, 5.74) is 1.98. The van der Waals surface area contributed by atoms with Crippen LogP contribution in [-0.2, 0) is 6.61 Å². The van der Waals surface area contributed by atoms with Crippen LogP contribution in [0.1, 0.15) is 21.9 Å². The summed E-state index contributed by atoms with van der Waals surface area (Å²) in [6.45, 7) is 0.118. The molecule has 2 aromatic carbocycles. The largest absolute Gasteiger partial charge is 0.484 e. The van der Waals surface area contributed by atoms with Crippen molar-refractivity contribution in [3.05, 3.63) is 77.9 Å². The van der Waals surface area contributed by atoms with Crippen LogP contribution in [0, 0.1) is 11.3 Å². The molecule has 0 radical (unpaired) electrons. The lowest BCUT2D eigenvalue weighted by molar-refractivity contribution is 0.0992. The number of benzene rings is 2. The van der Waals surface area contributed by atoms with Gasteiger partial charge in [-0.3, -0.25) is 9.89 Å². The van der Waals surface area contributed by atoms with Crippen LogP contribution in [0.2, 0.25) is 0 Å². The molecule has 4 aromatic rings. The van der Waals surface area contributed by atoms with Gasteiger partial charge in [0.25, 0.3) is 5.91 Å². The number of para-hydroxylation sites is 1. The zero-order valence-corrected chi connectivity index (χ0v) is 14.1. The first-order chi connectivity index (χ1) is 13.2. The monoisotopic (exact) mass is 358 g/mol. The zero-order chi connectivity index (χ0) is 18.6. The minimum absolute atomic E-state index is 0.118. The molecule has 0 aliphatic carbocycles. The van der Waals surface area contributed by atoms with E-state index in [4.69, 9.17) is 14.4 Å². The van der Waals surface area contributed by atoms with Gasteiger partial charge in [0.1, 0.15) is 24.2 Å². The van der Waals surface area contributed by atoms with Crippen molar-refractivity contribution in [1.29, 1.82) is 5.26 Å². The van der Waals surface area contributed by atoms with Crippen LogP contribution in [0.3, 0.4) is 0 Å². The third-order valence-corrected chi connectivity index (χ3v) is 3.96. The number of nitrogens with zero attached hydrogens (tertiary/aromatic N) is 2. The molecule has 2 aromatic heterocycles. The normalized spacial score (nSPS) is 10.5. The number of furan rings is 1. The van der Waals surface area contributed by atoms with Crippen molar-refractivity contribution in [2.45, 2.75) is 6.61 Å². The third kappa shape index (κ3) is 3.50. The first-order valence-electron chi connectivity index (χ1n) is 8.18. The summed E-state index contributed by atoms with van der Waals surface area (Å²) < 4.78 is 11.2. The summed E-state index contributed by atoms with van der Waals surface area (Å²) in [6, 6.07) is 17.7. The van der Waals surface area contributed by atoms with Gasteiger partial charge in [-0.15, -0.1) is 0 Å². The molecular formula is C20H14N4O3. The molecule has 0 aliphatic rings. The lowest BCUT2D eigenvalue weighted by Gasteiger charge is -2.06. The Balaban J connectivity index is 1.42. The molecule has 0 saturated carbocycles. The number of ether oxygens (including phenoxy) is 1. The third-order valence-electron chi connectivity index (χ3n) is 3.96. The number of hydrogen-bond donors (Lipinski definition) is 2. The number of carbonyl (C=O) groups is 1. The van der Waals surface area contributed by atoms with E-state index < -0.39 is 0 Å². The number of fused-ring (bicyclic) bond motifs is 1. The van der Waals surface area contributed by atoms with E-state index in [1.807, 2.05) is 12.1 Å². The Labute approximate surface area is 154 Å². The highest BCUT2D eigenvalue weighted by atomic mass is 16.5. The number of aromatic amines is 1. The molecule has 0 bridgehead atoms. The average Bonchev–Trinajstić information content (AvgIpc) is 3.35. The van der Waals surface area contributed by atoms with Crippen molar-refractivity contribution in [3.63, 3.8) is 0 Å². The number of anilines is 1. The number of carbonyl (C=O) groups excluding carboxylic acids is 1. The topological polar surface area (TPSA) is 104 Å². The highest BCUT2D eigenvalue weighted by molar-refractivity contribution is 6.03. The van der Waals surface area contributed by atoms with E-state index in [1.54, 1.807) is 48.7 Å². The first kappa shape index (κ1) is 16.4. The van der Waals surface area contributed by atoms with Crippen LogP contribution in [0.25, 0.3) is 10.9 Å². The van der Waals surface area contributed by atoms with Gasteiger partial charge in [-0.2, -0.15) is 10.4 Å². The van der Waals surface area contributed by atoms with Crippen LogP contribution in [0.5, 0.6) is 5.75 Å². The van der Waals surface area contributed by atoms with Gasteiger partial charge in [0.15, 0.2) is 5.76 Å². The van der Waals surface area contributed by atoms with Crippen molar-refractivity contribution >= 4 is 22.5 Å². The van der Waals surface area contributed by atoms with Crippen LogP contribution >= 0.6 is 0 Å². The molecule has 0 atom stereocenters. The number of aromatic nitrogens is 2. The van der Waals surface area contributed by atoms with Gasteiger partial charge in [-0.05, 0) is 42.5 Å². The van der Waals surface area contributed by atoms with Crippen LogP contribution < -0.4 is 10.1 Å². The second kappa shape index (κ2) is 7.06. The molecule has 132 valence electrons.